The minimum absolute atomic E-state index is 0.0286. The number of hydrogen-bond acceptors (Lipinski definition) is 3. The summed E-state index contributed by atoms with van der Waals surface area (Å²) in [5.41, 5.74) is 3.93. The summed E-state index contributed by atoms with van der Waals surface area (Å²) in [6.07, 6.45) is 0.420. The van der Waals surface area contributed by atoms with Gasteiger partial charge in [0.2, 0.25) is 11.8 Å². The number of rotatable bonds is 5. The first-order valence-corrected chi connectivity index (χ1v) is 8.53. The van der Waals surface area contributed by atoms with Gasteiger partial charge in [0.1, 0.15) is 0 Å². The van der Waals surface area contributed by atoms with Crippen LogP contribution in [-0.4, -0.2) is 24.4 Å². The smallest absolute Gasteiger partial charge is 0.238 e. The third kappa shape index (κ3) is 4.25. The van der Waals surface area contributed by atoms with Gasteiger partial charge in [-0.05, 0) is 28.8 Å². The zero-order valence-electron chi connectivity index (χ0n) is 14.5. The number of hydrogen-bond donors (Lipinski definition) is 3. The molecule has 5 heteroatoms. The molecule has 0 saturated carbocycles. The van der Waals surface area contributed by atoms with Crippen LogP contribution in [0.3, 0.4) is 0 Å². The van der Waals surface area contributed by atoms with Gasteiger partial charge in [-0.2, -0.15) is 0 Å². The molecule has 2 aromatic carbocycles. The summed E-state index contributed by atoms with van der Waals surface area (Å²) in [6, 6.07) is 15.7. The first-order valence-electron chi connectivity index (χ1n) is 8.53. The van der Waals surface area contributed by atoms with E-state index in [4.69, 9.17) is 0 Å². The molecule has 0 spiro atoms. The Balaban J connectivity index is 1.73. The summed E-state index contributed by atoms with van der Waals surface area (Å²) in [5.74, 6) is -0.0430. The highest BCUT2D eigenvalue weighted by Gasteiger charge is 2.25. The van der Waals surface area contributed by atoms with E-state index in [1.165, 1.54) is 0 Å². The van der Waals surface area contributed by atoms with Crippen LogP contribution in [0.4, 0.5) is 5.69 Å². The lowest BCUT2D eigenvalue weighted by Gasteiger charge is -2.27. The van der Waals surface area contributed by atoms with E-state index in [9.17, 15) is 9.59 Å². The van der Waals surface area contributed by atoms with Crippen LogP contribution in [-0.2, 0) is 16.0 Å². The highest BCUT2D eigenvalue weighted by atomic mass is 16.2. The van der Waals surface area contributed by atoms with E-state index in [0.29, 0.717) is 6.42 Å². The van der Waals surface area contributed by atoms with Gasteiger partial charge in [0.15, 0.2) is 0 Å². The van der Waals surface area contributed by atoms with Gasteiger partial charge in [0.25, 0.3) is 0 Å². The van der Waals surface area contributed by atoms with Crippen LogP contribution in [0, 0.1) is 0 Å². The number of fused-ring (bicyclic) bond motifs is 1. The molecule has 1 aliphatic rings. The van der Waals surface area contributed by atoms with E-state index >= 15 is 0 Å². The molecule has 1 heterocycles. The summed E-state index contributed by atoms with van der Waals surface area (Å²) in [6.45, 7) is 4.28. The number of carbonyl (C=O) groups is 2. The average molecular weight is 337 g/mol. The molecule has 130 valence electrons. The minimum atomic E-state index is -0.148. The molecule has 5 nitrogen and oxygen atoms in total. The van der Waals surface area contributed by atoms with Crippen molar-refractivity contribution in [1.29, 1.82) is 0 Å². The molecule has 25 heavy (non-hydrogen) atoms. The maximum Gasteiger partial charge on any atom is 0.238 e. The molecule has 0 aromatic heterocycles. The molecule has 3 rings (SSSR count). The van der Waals surface area contributed by atoms with Gasteiger partial charge in [0.05, 0.1) is 19.0 Å². The molecule has 2 amide bonds. The number of nitrogens with one attached hydrogen (secondary N) is 3. The van der Waals surface area contributed by atoms with Gasteiger partial charge in [-0.15, -0.1) is 0 Å². The van der Waals surface area contributed by atoms with E-state index < -0.39 is 0 Å². The molecule has 0 radical (unpaired) electrons. The molecular formula is C20H23N3O2. The first kappa shape index (κ1) is 17.2. The van der Waals surface area contributed by atoms with Crippen molar-refractivity contribution in [2.75, 3.05) is 11.9 Å². The lowest BCUT2D eigenvalue weighted by atomic mass is 9.89. The van der Waals surface area contributed by atoms with Crippen molar-refractivity contribution in [2.24, 2.45) is 0 Å². The largest absolute Gasteiger partial charge is 0.345 e. The Kier molecular flexibility index (Phi) is 5.14. The zero-order valence-corrected chi connectivity index (χ0v) is 14.5. The molecule has 0 aliphatic carbocycles. The molecular weight excluding hydrogens is 314 g/mol. The molecule has 0 bridgehead atoms. The fourth-order valence-corrected chi connectivity index (χ4v) is 2.96. The summed E-state index contributed by atoms with van der Waals surface area (Å²) < 4.78 is 0. The Labute approximate surface area is 147 Å². The van der Waals surface area contributed by atoms with Gasteiger partial charge in [-0.3, -0.25) is 9.59 Å². The Morgan fingerprint density at radius 2 is 1.88 bits per heavy atom. The maximum absolute atomic E-state index is 12.0. The minimum Gasteiger partial charge on any atom is -0.345 e. The lowest BCUT2D eigenvalue weighted by molar-refractivity contribution is -0.121. The van der Waals surface area contributed by atoms with E-state index in [-0.39, 0.29) is 30.4 Å². The Hall–Kier alpha value is -2.66. The van der Waals surface area contributed by atoms with E-state index in [0.717, 1.165) is 22.4 Å². The molecule has 2 aromatic rings. The van der Waals surface area contributed by atoms with Crippen molar-refractivity contribution in [3.8, 4) is 0 Å². The van der Waals surface area contributed by atoms with Crippen LogP contribution >= 0.6 is 0 Å². The summed E-state index contributed by atoms with van der Waals surface area (Å²) in [7, 11) is 0. The van der Waals surface area contributed by atoms with Crippen LogP contribution in [0.15, 0.2) is 48.5 Å². The van der Waals surface area contributed by atoms with Crippen molar-refractivity contribution in [3.63, 3.8) is 0 Å². The molecule has 1 unspecified atom stereocenters. The monoisotopic (exact) mass is 337 g/mol. The van der Waals surface area contributed by atoms with Crippen molar-refractivity contribution >= 4 is 17.5 Å². The predicted octanol–water partition coefficient (Wildman–Crippen LogP) is 2.38. The quantitative estimate of drug-likeness (QED) is 0.784. The second-order valence-electron chi connectivity index (χ2n) is 6.58. The summed E-state index contributed by atoms with van der Waals surface area (Å²) >= 11 is 0. The Morgan fingerprint density at radius 1 is 1.16 bits per heavy atom. The first-order chi connectivity index (χ1) is 12.0. The Bertz CT molecular complexity index is 769. The summed E-state index contributed by atoms with van der Waals surface area (Å²) in [4.78, 5) is 23.9. The van der Waals surface area contributed by atoms with Crippen molar-refractivity contribution in [2.45, 2.75) is 32.4 Å². The van der Waals surface area contributed by atoms with E-state index in [1.807, 2.05) is 62.4 Å². The highest BCUT2D eigenvalue weighted by Crippen LogP contribution is 2.29. The number of carbonyl (C=O) groups excluding carboxylic acids is 2. The predicted molar refractivity (Wildman–Crippen MR) is 98.3 cm³/mol. The molecule has 3 N–H and O–H groups in total. The maximum atomic E-state index is 12.0. The van der Waals surface area contributed by atoms with Crippen LogP contribution in [0.5, 0.6) is 0 Å². The van der Waals surface area contributed by atoms with Gasteiger partial charge < -0.3 is 16.0 Å². The SMILES string of the molecule is CC(C)NCC(=O)Nc1ccc(C2NC(=O)Cc3ccccc32)cc1. The standard InChI is InChI=1S/C20H23N3O2/c1-13(2)21-12-19(25)22-16-9-7-14(8-10-16)20-17-6-4-3-5-15(17)11-18(24)23-20/h3-10,13,20-21H,11-12H2,1-2H3,(H,22,25)(H,23,24). The Morgan fingerprint density at radius 3 is 2.60 bits per heavy atom. The normalized spacial score (nSPS) is 16.3. The number of amides is 2. The molecule has 1 atom stereocenters. The number of benzene rings is 2. The summed E-state index contributed by atoms with van der Waals surface area (Å²) in [5, 5.41) is 9.00. The van der Waals surface area contributed by atoms with E-state index in [1.54, 1.807) is 0 Å². The molecule has 0 saturated heterocycles. The van der Waals surface area contributed by atoms with Crippen molar-refractivity contribution in [1.82, 2.24) is 10.6 Å². The van der Waals surface area contributed by atoms with Crippen LogP contribution in [0.1, 0.15) is 36.6 Å². The van der Waals surface area contributed by atoms with Gasteiger partial charge >= 0.3 is 0 Å². The van der Waals surface area contributed by atoms with E-state index in [2.05, 4.69) is 16.0 Å². The topological polar surface area (TPSA) is 70.2 Å². The van der Waals surface area contributed by atoms with Crippen molar-refractivity contribution in [3.05, 3.63) is 65.2 Å². The van der Waals surface area contributed by atoms with Gasteiger partial charge in [-0.25, -0.2) is 0 Å². The number of anilines is 1. The third-order valence-electron chi connectivity index (χ3n) is 4.22. The molecule has 1 aliphatic heterocycles. The van der Waals surface area contributed by atoms with Gasteiger partial charge in [-0.1, -0.05) is 50.2 Å². The third-order valence-corrected chi connectivity index (χ3v) is 4.22. The zero-order chi connectivity index (χ0) is 17.8. The average Bonchev–Trinajstić information content (AvgIpc) is 2.60. The fourth-order valence-electron chi connectivity index (χ4n) is 2.96. The highest BCUT2D eigenvalue weighted by molar-refractivity contribution is 5.92. The van der Waals surface area contributed by atoms with Crippen LogP contribution < -0.4 is 16.0 Å². The fraction of sp³-hybridized carbons (Fsp3) is 0.300. The van der Waals surface area contributed by atoms with Crippen LogP contribution in [0.25, 0.3) is 0 Å². The lowest BCUT2D eigenvalue weighted by Crippen LogP contribution is -2.35. The van der Waals surface area contributed by atoms with Gasteiger partial charge in [0, 0.05) is 11.7 Å². The second kappa shape index (κ2) is 7.49. The molecule has 0 fully saturated rings. The second-order valence-corrected chi connectivity index (χ2v) is 6.58. The van der Waals surface area contributed by atoms with Crippen molar-refractivity contribution < 1.29 is 9.59 Å². The van der Waals surface area contributed by atoms with Crippen LogP contribution in [0.2, 0.25) is 0 Å².